The van der Waals surface area contributed by atoms with E-state index in [0.29, 0.717) is 18.7 Å². The molecule has 1 amide bonds. The molecule has 1 atom stereocenters. The van der Waals surface area contributed by atoms with Crippen LogP contribution in [0.3, 0.4) is 0 Å². The molecule has 130 valence electrons. The topological polar surface area (TPSA) is 55.8 Å². The van der Waals surface area contributed by atoms with Crippen LogP contribution in [-0.2, 0) is 9.59 Å². The largest absolute Gasteiger partial charge is 0.493 e. The number of carbonyl (C=O) groups is 2. The third-order valence-corrected chi connectivity index (χ3v) is 4.90. The molecule has 1 aromatic carbocycles. The summed E-state index contributed by atoms with van der Waals surface area (Å²) in [6.07, 6.45) is 5.17. The second-order valence-electron chi connectivity index (χ2n) is 6.47. The second-order valence-corrected chi connectivity index (χ2v) is 6.89. The lowest BCUT2D eigenvalue weighted by Gasteiger charge is -2.19. The standard InChI is InChI=1S/C18H22ClNO4/c1-23-15-7-6-12(8-16(15)24-14-4-2-3-5-14)13-9-18(22)20(10-13)11-17(19)21/h6-8,13-14H,2-5,9-11H2,1H3. The monoisotopic (exact) mass is 351 g/mol. The number of nitrogens with zero attached hydrogens (tertiary/aromatic N) is 1. The summed E-state index contributed by atoms with van der Waals surface area (Å²) in [5.74, 6) is 1.46. The predicted octanol–water partition coefficient (Wildman–Crippen LogP) is 3.10. The highest BCUT2D eigenvalue weighted by atomic mass is 35.5. The van der Waals surface area contributed by atoms with Crippen LogP contribution in [-0.4, -0.2) is 42.4 Å². The van der Waals surface area contributed by atoms with Crippen LogP contribution in [0.5, 0.6) is 11.5 Å². The number of hydrogen-bond acceptors (Lipinski definition) is 4. The van der Waals surface area contributed by atoms with Crippen molar-refractivity contribution in [2.45, 2.75) is 44.1 Å². The van der Waals surface area contributed by atoms with Gasteiger partial charge in [0.05, 0.1) is 19.8 Å². The van der Waals surface area contributed by atoms with E-state index in [-0.39, 0.29) is 24.5 Å². The quantitative estimate of drug-likeness (QED) is 0.739. The molecule has 0 bridgehead atoms. The first-order chi connectivity index (χ1) is 11.6. The van der Waals surface area contributed by atoms with Crippen molar-refractivity contribution in [2.24, 2.45) is 0 Å². The van der Waals surface area contributed by atoms with Crippen LogP contribution in [0.2, 0.25) is 0 Å². The van der Waals surface area contributed by atoms with Gasteiger partial charge >= 0.3 is 0 Å². The SMILES string of the molecule is COc1ccc(C2CC(=O)N(CC(=O)Cl)C2)cc1OC1CCCC1. The minimum Gasteiger partial charge on any atom is -0.493 e. The molecule has 5 nitrogen and oxygen atoms in total. The number of ether oxygens (including phenoxy) is 2. The minimum absolute atomic E-state index is 0.0293. The fraction of sp³-hybridized carbons (Fsp3) is 0.556. The van der Waals surface area contributed by atoms with Crippen molar-refractivity contribution in [3.05, 3.63) is 23.8 Å². The average Bonchev–Trinajstić information content (AvgIpc) is 3.17. The Morgan fingerprint density at radius 3 is 2.71 bits per heavy atom. The van der Waals surface area contributed by atoms with Crippen molar-refractivity contribution in [1.29, 1.82) is 0 Å². The Hall–Kier alpha value is -1.75. The average molecular weight is 352 g/mol. The van der Waals surface area contributed by atoms with Gasteiger partial charge in [0, 0.05) is 18.9 Å². The van der Waals surface area contributed by atoms with E-state index in [1.807, 2.05) is 18.2 Å². The number of methoxy groups -OCH3 is 1. The van der Waals surface area contributed by atoms with Gasteiger partial charge in [-0.15, -0.1) is 0 Å². The van der Waals surface area contributed by atoms with E-state index in [9.17, 15) is 9.59 Å². The molecular weight excluding hydrogens is 330 g/mol. The smallest absolute Gasteiger partial charge is 0.241 e. The molecule has 0 spiro atoms. The zero-order valence-electron chi connectivity index (χ0n) is 13.8. The van der Waals surface area contributed by atoms with E-state index in [4.69, 9.17) is 21.1 Å². The molecule has 24 heavy (non-hydrogen) atoms. The van der Waals surface area contributed by atoms with Crippen LogP contribution in [0.1, 0.15) is 43.6 Å². The maximum absolute atomic E-state index is 12.0. The van der Waals surface area contributed by atoms with Gasteiger partial charge in [-0.05, 0) is 55.0 Å². The van der Waals surface area contributed by atoms with Crippen LogP contribution < -0.4 is 9.47 Å². The molecule has 2 fully saturated rings. The maximum atomic E-state index is 12.0. The van der Waals surface area contributed by atoms with Gasteiger partial charge in [-0.3, -0.25) is 9.59 Å². The number of likely N-dealkylation sites (tertiary alicyclic amines) is 1. The van der Waals surface area contributed by atoms with E-state index in [1.54, 1.807) is 7.11 Å². The van der Waals surface area contributed by atoms with Crippen molar-refractivity contribution in [3.63, 3.8) is 0 Å². The lowest BCUT2D eigenvalue weighted by molar-refractivity contribution is -0.130. The highest BCUT2D eigenvalue weighted by Gasteiger charge is 2.32. The summed E-state index contributed by atoms with van der Waals surface area (Å²) >= 11 is 5.41. The van der Waals surface area contributed by atoms with Crippen LogP contribution in [0.15, 0.2) is 18.2 Å². The molecule has 0 radical (unpaired) electrons. The molecule has 0 aromatic heterocycles. The van der Waals surface area contributed by atoms with Crippen molar-refractivity contribution in [1.82, 2.24) is 4.90 Å². The molecule has 1 unspecified atom stereocenters. The molecular formula is C18H22ClNO4. The van der Waals surface area contributed by atoms with Crippen molar-refractivity contribution in [2.75, 3.05) is 20.2 Å². The minimum atomic E-state index is -0.510. The van der Waals surface area contributed by atoms with Crippen LogP contribution in [0, 0.1) is 0 Å². The molecule has 1 saturated carbocycles. The fourth-order valence-electron chi connectivity index (χ4n) is 3.52. The summed E-state index contributed by atoms with van der Waals surface area (Å²) in [5, 5.41) is -0.510. The number of benzene rings is 1. The normalized spacial score (nSPS) is 21.3. The zero-order chi connectivity index (χ0) is 17.1. The van der Waals surface area contributed by atoms with Crippen molar-refractivity contribution in [3.8, 4) is 11.5 Å². The first-order valence-electron chi connectivity index (χ1n) is 8.37. The Morgan fingerprint density at radius 1 is 1.29 bits per heavy atom. The first kappa shape index (κ1) is 17.1. The summed E-state index contributed by atoms with van der Waals surface area (Å²) in [6, 6.07) is 5.82. The van der Waals surface area contributed by atoms with E-state index in [2.05, 4.69) is 0 Å². The molecule has 1 heterocycles. The number of carbonyl (C=O) groups excluding carboxylic acids is 2. The Bertz CT molecular complexity index is 627. The number of amides is 1. The lowest BCUT2D eigenvalue weighted by atomic mass is 9.98. The van der Waals surface area contributed by atoms with E-state index >= 15 is 0 Å². The molecule has 2 aliphatic rings. The van der Waals surface area contributed by atoms with Gasteiger partial charge in [0.15, 0.2) is 11.5 Å². The third-order valence-electron chi connectivity index (χ3n) is 4.78. The van der Waals surface area contributed by atoms with E-state index in [1.165, 1.54) is 17.7 Å². The molecule has 1 saturated heterocycles. The van der Waals surface area contributed by atoms with Crippen LogP contribution in [0.4, 0.5) is 0 Å². The molecule has 6 heteroatoms. The van der Waals surface area contributed by atoms with Crippen molar-refractivity contribution >= 4 is 22.8 Å². The Kier molecular flexibility index (Phi) is 5.29. The summed E-state index contributed by atoms with van der Waals surface area (Å²) in [7, 11) is 1.63. The van der Waals surface area contributed by atoms with Crippen molar-refractivity contribution < 1.29 is 19.1 Å². The number of hydrogen-bond donors (Lipinski definition) is 0. The van der Waals surface area contributed by atoms with Gasteiger partial charge in [-0.2, -0.15) is 0 Å². The molecule has 3 rings (SSSR count). The highest BCUT2D eigenvalue weighted by molar-refractivity contribution is 6.64. The van der Waals surface area contributed by atoms with Gasteiger partial charge in [0.2, 0.25) is 11.1 Å². The second kappa shape index (κ2) is 7.43. The first-order valence-corrected chi connectivity index (χ1v) is 8.75. The fourth-order valence-corrected chi connectivity index (χ4v) is 3.67. The summed E-state index contributed by atoms with van der Waals surface area (Å²) in [5.41, 5.74) is 1.03. The van der Waals surface area contributed by atoms with Crippen LogP contribution >= 0.6 is 11.6 Å². The zero-order valence-corrected chi connectivity index (χ0v) is 14.6. The molecule has 0 N–H and O–H groups in total. The van der Waals surface area contributed by atoms with Crippen LogP contribution in [0.25, 0.3) is 0 Å². The summed E-state index contributed by atoms with van der Waals surface area (Å²) in [6.45, 7) is 0.477. The van der Waals surface area contributed by atoms with Gasteiger partial charge in [-0.1, -0.05) is 6.07 Å². The molecule has 1 aromatic rings. The Labute approximate surface area is 146 Å². The van der Waals surface area contributed by atoms with Gasteiger partial charge in [0.1, 0.15) is 0 Å². The van der Waals surface area contributed by atoms with Gasteiger partial charge in [-0.25, -0.2) is 0 Å². The van der Waals surface area contributed by atoms with Gasteiger partial charge in [0.25, 0.3) is 0 Å². The van der Waals surface area contributed by atoms with E-state index in [0.717, 1.165) is 24.2 Å². The molecule has 1 aliphatic heterocycles. The Morgan fingerprint density at radius 2 is 2.04 bits per heavy atom. The van der Waals surface area contributed by atoms with Gasteiger partial charge < -0.3 is 14.4 Å². The predicted molar refractivity (Wildman–Crippen MR) is 90.7 cm³/mol. The number of halogens is 1. The van der Waals surface area contributed by atoms with E-state index < -0.39 is 5.24 Å². The summed E-state index contributed by atoms with van der Waals surface area (Å²) < 4.78 is 11.5. The maximum Gasteiger partial charge on any atom is 0.241 e. The summed E-state index contributed by atoms with van der Waals surface area (Å²) in [4.78, 5) is 24.6. The Balaban J connectivity index is 1.76. The number of rotatable bonds is 6. The highest BCUT2D eigenvalue weighted by Crippen LogP contribution is 2.36. The third kappa shape index (κ3) is 3.83. The lowest BCUT2D eigenvalue weighted by Crippen LogP contribution is -2.29. The molecule has 1 aliphatic carbocycles.